The van der Waals surface area contributed by atoms with Gasteiger partial charge in [-0.25, -0.2) is 0 Å². The molecule has 3 heterocycles. The van der Waals surface area contributed by atoms with Crippen LogP contribution in [0.25, 0.3) is 5.69 Å². The van der Waals surface area contributed by atoms with Crippen molar-refractivity contribution in [3.63, 3.8) is 0 Å². The molecule has 2 aliphatic rings. The molecule has 4 rings (SSSR count). The van der Waals surface area contributed by atoms with Crippen LogP contribution in [0.4, 0.5) is 0 Å². The average Bonchev–Trinajstić information content (AvgIpc) is 3.29. The summed E-state index contributed by atoms with van der Waals surface area (Å²) in [5.74, 6) is 0.577. The largest absolute Gasteiger partial charge is 0.342 e. The van der Waals surface area contributed by atoms with Crippen molar-refractivity contribution in [1.29, 1.82) is 0 Å². The molecule has 2 fully saturated rings. The van der Waals surface area contributed by atoms with Crippen molar-refractivity contribution < 1.29 is 9.59 Å². The summed E-state index contributed by atoms with van der Waals surface area (Å²) in [7, 11) is 0. The third kappa shape index (κ3) is 4.29. The minimum absolute atomic E-state index is 0.100. The van der Waals surface area contributed by atoms with Crippen LogP contribution < -0.4 is 0 Å². The van der Waals surface area contributed by atoms with E-state index < -0.39 is 0 Å². The van der Waals surface area contributed by atoms with Crippen molar-refractivity contribution >= 4 is 11.8 Å². The number of carbonyl (C=O) groups excluding carboxylic acids is 2. The highest BCUT2D eigenvalue weighted by atomic mass is 16.2. The summed E-state index contributed by atoms with van der Waals surface area (Å²) in [6.45, 7) is 3.23. The van der Waals surface area contributed by atoms with Gasteiger partial charge in [0.05, 0.1) is 6.42 Å². The molecule has 0 bridgehead atoms. The number of hydrogen-bond acceptors (Lipinski definition) is 2. The molecule has 0 unspecified atom stereocenters. The van der Waals surface area contributed by atoms with Crippen LogP contribution >= 0.6 is 0 Å². The lowest BCUT2D eigenvalue weighted by Gasteiger charge is -2.35. The lowest BCUT2D eigenvalue weighted by molar-refractivity contribution is -0.141. The fourth-order valence-electron chi connectivity index (χ4n) is 4.33. The summed E-state index contributed by atoms with van der Waals surface area (Å²) in [4.78, 5) is 29.3. The van der Waals surface area contributed by atoms with Gasteiger partial charge in [0, 0.05) is 50.2 Å². The van der Waals surface area contributed by atoms with E-state index in [1.54, 1.807) is 0 Å². The topological polar surface area (TPSA) is 45.6 Å². The van der Waals surface area contributed by atoms with Crippen molar-refractivity contribution in [3.8, 4) is 5.69 Å². The van der Waals surface area contributed by atoms with Crippen LogP contribution in [0.5, 0.6) is 0 Å². The fourth-order valence-corrected chi connectivity index (χ4v) is 4.33. The summed E-state index contributed by atoms with van der Waals surface area (Å²) < 4.78 is 2.05. The number of carbonyl (C=O) groups is 2. The summed E-state index contributed by atoms with van der Waals surface area (Å²) in [6, 6.07) is 12.1. The van der Waals surface area contributed by atoms with Gasteiger partial charge < -0.3 is 14.4 Å². The van der Waals surface area contributed by atoms with Gasteiger partial charge in [-0.05, 0) is 61.9 Å². The molecule has 2 aliphatic heterocycles. The molecule has 0 atom stereocenters. The molecule has 0 spiro atoms. The first-order valence-corrected chi connectivity index (χ1v) is 10.5. The number of nitrogens with zero attached hydrogens (tertiary/aromatic N) is 3. The third-order valence-corrected chi connectivity index (χ3v) is 6.06. The minimum atomic E-state index is 0.100. The standard InChI is InChI=1S/C23H29N3O2/c27-22(18-19-6-8-21(9-7-19)24-12-4-5-13-24)25-16-10-20(11-17-25)23(28)26-14-2-1-3-15-26/h4-9,12-13,20H,1-3,10-11,14-18H2. The second-order valence-corrected chi connectivity index (χ2v) is 7.97. The molecule has 1 aromatic heterocycles. The Balaban J connectivity index is 1.27. The van der Waals surface area contributed by atoms with Crippen molar-refractivity contribution in [2.24, 2.45) is 5.92 Å². The molecule has 1 aromatic carbocycles. The molecule has 2 saturated heterocycles. The van der Waals surface area contributed by atoms with E-state index in [4.69, 9.17) is 0 Å². The van der Waals surface area contributed by atoms with E-state index >= 15 is 0 Å². The molecule has 5 nitrogen and oxygen atoms in total. The normalized spacial score (nSPS) is 18.3. The third-order valence-electron chi connectivity index (χ3n) is 6.06. The van der Waals surface area contributed by atoms with Crippen LogP contribution in [-0.4, -0.2) is 52.4 Å². The first-order valence-electron chi connectivity index (χ1n) is 10.5. The van der Waals surface area contributed by atoms with Crippen LogP contribution in [-0.2, 0) is 16.0 Å². The Morgan fingerprint density at radius 3 is 2.11 bits per heavy atom. The van der Waals surface area contributed by atoms with E-state index in [0.717, 1.165) is 50.0 Å². The van der Waals surface area contributed by atoms with E-state index in [0.29, 0.717) is 25.4 Å². The van der Waals surface area contributed by atoms with Crippen molar-refractivity contribution in [3.05, 3.63) is 54.4 Å². The quantitative estimate of drug-likeness (QED) is 0.818. The van der Waals surface area contributed by atoms with Gasteiger partial charge in [0.2, 0.25) is 11.8 Å². The highest BCUT2D eigenvalue weighted by molar-refractivity contribution is 5.81. The monoisotopic (exact) mass is 379 g/mol. The zero-order chi connectivity index (χ0) is 19.3. The van der Waals surface area contributed by atoms with Gasteiger partial charge in [-0.3, -0.25) is 9.59 Å². The number of aromatic nitrogens is 1. The van der Waals surface area contributed by atoms with E-state index in [1.165, 1.54) is 6.42 Å². The van der Waals surface area contributed by atoms with Gasteiger partial charge in [0.1, 0.15) is 0 Å². The molecular formula is C23H29N3O2. The van der Waals surface area contributed by atoms with Crippen molar-refractivity contribution in [2.75, 3.05) is 26.2 Å². The Morgan fingerprint density at radius 1 is 0.821 bits per heavy atom. The molecule has 0 aliphatic carbocycles. The molecule has 0 saturated carbocycles. The lowest BCUT2D eigenvalue weighted by atomic mass is 9.94. The first-order chi connectivity index (χ1) is 13.7. The molecule has 5 heteroatoms. The Hall–Kier alpha value is -2.56. The Labute approximate surface area is 166 Å². The van der Waals surface area contributed by atoms with Crippen molar-refractivity contribution in [1.82, 2.24) is 14.4 Å². The predicted octanol–water partition coefficient (Wildman–Crippen LogP) is 3.27. The molecular weight excluding hydrogens is 350 g/mol. The van der Waals surface area contributed by atoms with Crippen LogP contribution in [0.2, 0.25) is 0 Å². The fraction of sp³-hybridized carbons (Fsp3) is 0.478. The van der Waals surface area contributed by atoms with Gasteiger partial charge >= 0.3 is 0 Å². The molecule has 2 aromatic rings. The number of rotatable bonds is 4. The smallest absolute Gasteiger partial charge is 0.226 e. The van der Waals surface area contributed by atoms with Crippen LogP contribution in [0.3, 0.4) is 0 Å². The Kier molecular flexibility index (Phi) is 5.79. The van der Waals surface area contributed by atoms with Crippen LogP contribution in [0.1, 0.15) is 37.7 Å². The van der Waals surface area contributed by atoms with E-state index in [2.05, 4.69) is 4.57 Å². The second-order valence-electron chi connectivity index (χ2n) is 7.97. The summed E-state index contributed by atoms with van der Waals surface area (Å²) in [5, 5.41) is 0. The zero-order valence-electron chi connectivity index (χ0n) is 16.4. The number of hydrogen-bond donors (Lipinski definition) is 0. The van der Waals surface area contributed by atoms with Gasteiger partial charge in [-0.15, -0.1) is 0 Å². The van der Waals surface area contributed by atoms with Gasteiger partial charge in [-0.2, -0.15) is 0 Å². The van der Waals surface area contributed by atoms with Gasteiger partial charge in [0.25, 0.3) is 0 Å². The predicted molar refractivity (Wildman–Crippen MR) is 109 cm³/mol. The second kappa shape index (κ2) is 8.63. The molecule has 148 valence electrons. The summed E-state index contributed by atoms with van der Waals surface area (Å²) >= 11 is 0. The Bertz CT molecular complexity index is 784. The van der Waals surface area contributed by atoms with Gasteiger partial charge in [0.15, 0.2) is 0 Å². The molecule has 2 amide bonds. The number of piperidine rings is 2. The van der Waals surface area contributed by atoms with Gasteiger partial charge in [-0.1, -0.05) is 12.1 Å². The molecule has 0 radical (unpaired) electrons. The first kappa shape index (κ1) is 18.8. The number of benzene rings is 1. The highest BCUT2D eigenvalue weighted by Gasteiger charge is 2.30. The minimum Gasteiger partial charge on any atom is -0.342 e. The number of likely N-dealkylation sites (tertiary alicyclic amines) is 2. The maximum absolute atomic E-state index is 12.7. The SMILES string of the molecule is O=C(Cc1ccc(-n2cccc2)cc1)N1CCC(C(=O)N2CCCCC2)CC1. The van der Waals surface area contributed by atoms with Crippen molar-refractivity contribution in [2.45, 2.75) is 38.5 Å². The summed E-state index contributed by atoms with van der Waals surface area (Å²) in [5.41, 5.74) is 2.13. The number of amides is 2. The summed E-state index contributed by atoms with van der Waals surface area (Å²) in [6.07, 6.45) is 9.55. The molecule has 0 N–H and O–H groups in total. The Morgan fingerprint density at radius 2 is 1.46 bits per heavy atom. The maximum Gasteiger partial charge on any atom is 0.226 e. The van der Waals surface area contributed by atoms with E-state index in [9.17, 15) is 9.59 Å². The highest BCUT2D eigenvalue weighted by Crippen LogP contribution is 2.22. The average molecular weight is 380 g/mol. The van der Waals surface area contributed by atoms with Crippen LogP contribution in [0.15, 0.2) is 48.8 Å². The maximum atomic E-state index is 12.7. The zero-order valence-corrected chi connectivity index (χ0v) is 16.4. The van der Waals surface area contributed by atoms with E-state index in [1.807, 2.05) is 58.6 Å². The molecule has 28 heavy (non-hydrogen) atoms. The van der Waals surface area contributed by atoms with E-state index in [-0.39, 0.29) is 11.8 Å². The van der Waals surface area contributed by atoms with Crippen LogP contribution in [0, 0.1) is 5.92 Å². The lowest BCUT2D eigenvalue weighted by Crippen LogP contribution is -2.46.